The molecule has 0 saturated heterocycles. The van der Waals surface area contributed by atoms with Crippen molar-refractivity contribution in [3.63, 3.8) is 0 Å². The molecule has 6 heteroatoms. The normalized spacial score (nSPS) is 10.5. The van der Waals surface area contributed by atoms with Gasteiger partial charge in [0.1, 0.15) is 5.75 Å². The van der Waals surface area contributed by atoms with Crippen molar-refractivity contribution >= 4 is 22.7 Å². The minimum Gasteiger partial charge on any atom is -0.439 e. The number of nitrogens with zero attached hydrogens (tertiary/aromatic N) is 1. The Bertz CT molecular complexity index is 1030. The number of para-hydroxylation sites is 2. The molecule has 0 radical (unpaired) electrons. The summed E-state index contributed by atoms with van der Waals surface area (Å²) in [5.41, 5.74) is 1.41. The minimum absolute atomic E-state index is 0.437. The van der Waals surface area contributed by atoms with Crippen LogP contribution in [-0.2, 0) is 0 Å². The molecule has 0 bridgehead atoms. The first kappa shape index (κ1) is 15.7. The van der Waals surface area contributed by atoms with E-state index in [-0.39, 0.29) is 0 Å². The molecule has 0 aliphatic carbocycles. The number of fused-ring (bicyclic) bond motifs is 1. The molecular formula is C20H15N3O3. The molecule has 0 aliphatic rings. The molecule has 0 unspecified atom stereocenters. The van der Waals surface area contributed by atoms with Crippen LogP contribution in [-0.4, -0.2) is 16.1 Å². The zero-order valence-electron chi connectivity index (χ0n) is 13.7. The van der Waals surface area contributed by atoms with E-state index in [2.05, 4.69) is 15.3 Å². The van der Waals surface area contributed by atoms with Gasteiger partial charge in [0.25, 0.3) is 0 Å². The number of H-pyrrole nitrogens is 1. The summed E-state index contributed by atoms with van der Waals surface area (Å²) in [5.74, 6) is 1.60. The Hall–Kier alpha value is -3.80. The zero-order chi connectivity index (χ0) is 17.8. The van der Waals surface area contributed by atoms with Gasteiger partial charge in [-0.2, -0.15) is 0 Å². The van der Waals surface area contributed by atoms with E-state index in [1.807, 2.05) is 54.6 Å². The Labute approximate surface area is 149 Å². The highest BCUT2D eigenvalue weighted by molar-refractivity contribution is 5.92. The Morgan fingerprint density at radius 1 is 0.962 bits per heavy atom. The van der Waals surface area contributed by atoms with Crippen molar-refractivity contribution in [2.75, 3.05) is 5.32 Å². The second-order valence-electron chi connectivity index (χ2n) is 5.51. The maximum Gasteiger partial charge on any atom is 0.417 e. The van der Waals surface area contributed by atoms with E-state index in [4.69, 9.17) is 9.47 Å². The summed E-state index contributed by atoms with van der Waals surface area (Å²) in [4.78, 5) is 19.3. The van der Waals surface area contributed by atoms with Gasteiger partial charge >= 0.3 is 6.09 Å². The molecule has 0 spiro atoms. The van der Waals surface area contributed by atoms with Crippen LogP contribution >= 0.6 is 0 Å². The second kappa shape index (κ2) is 6.98. The molecule has 6 nitrogen and oxygen atoms in total. The van der Waals surface area contributed by atoms with Crippen molar-refractivity contribution < 1.29 is 14.3 Å². The second-order valence-corrected chi connectivity index (χ2v) is 5.51. The van der Waals surface area contributed by atoms with E-state index in [1.165, 1.54) is 6.20 Å². The zero-order valence-corrected chi connectivity index (χ0v) is 13.7. The fourth-order valence-corrected chi connectivity index (χ4v) is 2.50. The number of nitrogens with one attached hydrogen (secondary N) is 2. The Morgan fingerprint density at radius 2 is 1.77 bits per heavy atom. The number of aromatic amines is 1. The molecule has 4 aromatic rings. The molecule has 0 aliphatic heterocycles. The average Bonchev–Trinajstić information content (AvgIpc) is 3.07. The smallest absolute Gasteiger partial charge is 0.417 e. The summed E-state index contributed by atoms with van der Waals surface area (Å²) in [7, 11) is 0. The first-order valence-corrected chi connectivity index (χ1v) is 8.02. The lowest BCUT2D eigenvalue weighted by Gasteiger charge is -2.07. The molecular weight excluding hydrogens is 330 g/mol. The maximum atomic E-state index is 12.1. The largest absolute Gasteiger partial charge is 0.439 e. The lowest BCUT2D eigenvalue weighted by molar-refractivity contribution is 0.215. The van der Waals surface area contributed by atoms with Gasteiger partial charge < -0.3 is 14.5 Å². The van der Waals surface area contributed by atoms with Gasteiger partial charge in [0.05, 0.1) is 11.9 Å². The fraction of sp³-hybridized carbons (Fsp3) is 0. The van der Waals surface area contributed by atoms with E-state index in [9.17, 15) is 4.79 Å². The summed E-state index contributed by atoms with van der Waals surface area (Å²) < 4.78 is 11.0. The Kier molecular flexibility index (Phi) is 4.22. The van der Waals surface area contributed by atoms with Crippen LogP contribution in [0.4, 0.5) is 10.5 Å². The summed E-state index contributed by atoms with van der Waals surface area (Å²) in [6.45, 7) is 0. The van der Waals surface area contributed by atoms with Gasteiger partial charge in [-0.15, -0.1) is 0 Å². The third-order valence-corrected chi connectivity index (χ3v) is 3.70. The van der Waals surface area contributed by atoms with E-state index in [0.29, 0.717) is 23.1 Å². The molecule has 0 atom stereocenters. The molecule has 4 rings (SSSR count). The summed E-state index contributed by atoms with van der Waals surface area (Å²) in [6, 6.07) is 20.3. The van der Waals surface area contributed by atoms with Gasteiger partial charge in [-0.05, 0) is 30.3 Å². The standard InChI is InChI=1S/C20H15N3O3/c24-20(26-18-13-21-17-9-5-4-8-16(17)18)23-14-10-11-19(22-12-14)25-15-6-2-1-3-7-15/h1-13,21H,(H,23,24). The average molecular weight is 345 g/mol. The number of pyridine rings is 1. The predicted molar refractivity (Wildman–Crippen MR) is 98.7 cm³/mol. The first-order valence-electron chi connectivity index (χ1n) is 8.02. The monoisotopic (exact) mass is 345 g/mol. The number of benzene rings is 2. The van der Waals surface area contributed by atoms with Gasteiger partial charge in [0.2, 0.25) is 5.88 Å². The van der Waals surface area contributed by atoms with Crippen LogP contribution in [0.5, 0.6) is 17.4 Å². The fourth-order valence-electron chi connectivity index (χ4n) is 2.50. The number of anilines is 1. The molecule has 1 amide bonds. The van der Waals surface area contributed by atoms with Crippen molar-refractivity contribution in [1.82, 2.24) is 9.97 Å². The molecule has 26 heavy (non-hydrogen) atoms. The van der Waals surface area contributed by atoms with Crippen LogP contribution in [0.2, 0.25) is 0 Å². The molecule has 2 aromatic heterocycles. The minimum atomic E-state index is -0.590. The van der Waals surface area contributed by atoms with Crippen molar-refractivity contribution in [2.45, 2.75) is 0 Å². The molecule has 0 saturated carbocycles. The molecule has 2 aromatic carbocycles. The van der Waals surface area contributed by atoms with Crippen molar-refractivity contribution in [3.8, 4) is 17.4 Å². The Balaban J connectivity index is 1.40. The quantitative estimate of drug-likeness (QED) is 0.548. The lowest BCUT2D eigenvalue weighted by atomic mass is 10.2. The van der Waals surface area contributed by atoms with E-state index in [1.54, 1.807) is 18.3 Å². The summed E-state index contributed by atoms with van der Waals surface area (Å²) >= 11 is 0. The highest BCUT2D eigenvalue weighted by atomic mass is 16.6. The third-order valence-electron chi connectivity index (χ3n) is 3.70. The van der Waals surface area contributed by atoms with E-state index < -0.39 is 6.09 Å². The summed E-state index contributed by atoms with van der Waals surface area (Å²) in [6.07, 6.45) is 2.57. The van der Waals surface area contributed by atoms with Gasteiger partial charge in [-0.1, -0.05) is 30.3 Å². The van der Waals surface area contributed by atoms with Crippen LogP contribution in [0, 0.1) is 0 Å². The number of hydrogen-bond donors (Lipinski definition) is 2. The topological polar surface area (TPSA) is 76.2 Å². The molecule has 2 heterocycles. The number of aromatic nitrogens is 2. The van der Waals surface area contributed by atoms with Crippen LogP contribution < -0.4 is 14.8 Å². The first-order chi connectivity index (χ1) is 12.8. The highest BCUT2D eigenvalue weighted by Crippen LogP contribution is 2.25. The van der Waals surface area contributed by atoms with Crippen LogP contribution in [0.25, 0.3) is 10.9 Å². The molecule has 0 fully saturated rings. The number of hydrogen-bond acceptors (Lipinski definition) is 4. The number of carbonyl (C=O) groups excluding carboxylic acids is 1. The van der Waals surface area contributed by atoms with Crippen molar-refractivity contribution in [3.05, 3.63) is 79.1 Å². The van der Waals surface area contributed by atoms with Gasteiger partial charge in [0.15, 0.2) is 5.75 Å². The lowest BCUT2D eigenvalue weighted by Crippen LogP contribution is -2.16. The predicted octanol–water partition coefficient (Wildman–Crippen LogP) is 4.97. The number of ether oxygens (including phenoxy) is 2. The Morgan fingerprint density at radius 3 is 2.58 bits per heavy atom. The van der Waals surface area contributed by atoms with Gasteiger partial charge in [-0.3, -0.25) is 5.32 Å². The number of amides is 1. The molecule has 128 valence electrons. The van der Waals surface area contributed by atoms with Crippen LogP contribution in [0.3, 0.4) is 0 Å². The SMILES string of the molecule is O=C(Nc1ccc(Oc2ccccc2)nc1)Oc1c[nH]c2ccccc12. The van der Waals surface area contributed by atoms with E-state index in [0.717, 1.165) is 10.9 Å². The molecule has 2 N–H and O–H groups in total. The van der Waals surface area contributed by atoms with Crippen molar-refractivity contribution in [1.29, 1.82) is 0 Å². The van der Waals surface area contributed by atoms with Gasteiger partial charge in [-0.25, -0.2) is 9.78 Å². The van der Waals surface area contributed by atoms with Crippen LogP contribution in [0.1, 0.15) is 0 Å². The summed E-state index contributed by atoms with van der Waals surface area (Å²) in [5, 5.41) is 3.48. The number of carbonyl (C=O) groups is 1. The highest BCUT2D eigenvalue weighted by Gasteiger charge is 2.10. The third kappa shape index (κ3) is 3.49. The van der Waals surface area contributed by atoms with Gasteiger partial charge in [0, 0.05) is 23.2 Å². The van der Waals surface area contributed by atoms with Crippen molar-refractivity contribution in [2.24, 2.45) is 0 Å². The number of rotatable bonds is 4. The van der Waals surface area contributed by atoms with Crippen LogP contribution in [0.15, 0.2) is 79.1 Å². The van der Waals surface area contributed by atoms with E-state index >= 15 is 0 Å². The maximum absolute atomic E-state index is 12.1.